The number of carbonyl (C=O) groups is 1. The first kappa shape index (κ1) is 21.0. The Morgan fingerprint density at radius 2 is 1.67 bits per heavy atom. The van der Waals surface area contributed by atoms with E-state index in [9.17, 15) is 17.6 Å². The topological polar surface area (TPSA) is 70.9 Å². The Bertz CT molecular complexity index is 910. The first-order valence-corrected chi connectivity index (χ1v) is 9.92. The molecule has 0 heterocycles. The average molecular weight is 394 g/mol. The lowest BCUT2D eigenvalue weighted by Crippen LogP contribution is -3.04. The van der Waals surface area contributed by atoms with Crippen LogP contribution in [0.4, 0.5) is 4.39 Å². The second-order valence-corrected chi connectivity index (χ2v) is 8.96. The number of nitrogens with zero attached hydrogens (tertiary/aromatic N) is 1. The number of hydrogen-bond acceptors (Lipinski definition) is 3. The fraction of sp³-hybridized carbons (Fsp3) is 0.316. The molecule has 0 radical (unpaired) electrons. The number of nitrogens with one attached hydrogen (secondary N) is 2. The highest BCUT2D eigenvalue weighted by Crippen LogP contribution is 2.18. The third-order valence-corrected chi connectivity index (χ3v) is 5.81. The number of benzene rings is 2. The maximum Gasteiger partial charge on any atom is 0.254 e. The van der Waals surface area contributed by atoms with Crippen molar-refractivity contribution in [3.8, 4) is 0 Å². The molecule has 0 saturated carbocycles. The van der Waals surface area contributed by atoms with Gasteiger partial charge in [-0.2, -0.15) is 0 Å². The van der Waals surface area contributed by atoms with E-state index in [1.54, 1.807) is 0 Å². The van der Waals surface area contributed by atoms with E-state index < -0.39 is 21.7 Å². The van der Waals surface area contributed by atoms with Crippen LogP contribution < -0.4 is 10.2 Å². The Kier molecular flexibility index (Phi) is 6.69. The summed E-state index contributed by atoms with van der Waals surface area (Å²) < 4.78 is 39.4. The third-order valence-electron chi connectivity index (χ3n) is 3.99. The molecule has 0 atom stereocenters. The minimum absolute atomic E-state index is 0.130. The van der Waals surface area contributed by atoms with Crippen LogP contribution in [-0.4, -0.2) is 46.8 Å². The second kappa shape index (κ2) is 8.60. The molecule has 0 unspecified atom stereocenters. The summed E-state index contributed by atoms with van der Waals surface area (Å²) in [5, 5.41) is 2.63. The largest absolute Gasteiger partial charge is 0.348 e. The third kappa shape index (κ3) is 5.35. The Morgan fingerprint density at radius 1 is 1.07 bits per heavy atom. The smallest absolute Gasteiger partial charge is 0.254 e. The molecule has 2 aromatic carbocycles. The van der Waals surface area contributed by atoms with Crippen LogP contribution >= 0.6 is 0 Å². The summed E-state index contributed by atoms with van der Waals surface area (Å²) in [7, 11) is 3.13. The lowest BCUT2D eigenvalue weighted by Gasteiger charge is -2.13. The molecule has 8 heteroatoms. The zero-order chi connectivity index (χ0) is 20.2. The van der Waals surface area contributed by atoms with Gasteiger partial charge >= 0.3 is 0 Å². The molecule has 0 spiro atoms. The second-order valence-electron chi connectivity index (χ2n) is 6.81. The van der Waals surface area contributed by atoms with Gasteiger partial charge in [0.1, 0.15) is 12.4 Å². The minimum Gasteiger partial charge on any atom is -0.348 e. The lowest BCUT2D eigenvalue weighted by molar-refractivity contribution is -0.872. The van der Waals surface area contributed by atoms with Gasteiger partial charge in [0.05, 0.1) is 24.6 Å². The van der Waals surface area contributed by atoms with Crippen LogP contribution in [0.5, 0.6) is 0 Å². The van der Waals surface area contributed by atoms with Crippen molar-refractivity contribution in [1.82, 2.24) is 9.62 Å². The van der Waals surface area contributed by atoms with Gasteiger partial charge in [0.2, 0.25) is 10.0 Å². The highest BCUT2D eigenvalue weighted by molar-refractivity contribution is 7.89. The van der Waals surface area contributed by atoms with Gasteiger partial charge in [0.25, 0.3) is 5.91 Å². The zero-order valence-electron chi connectivity index (χ0n) is 15.9. The Hall–Kier alpha value is -2.29. The van der Waals surface area contributed by atoms with Crippen LogP contribution in [0.1, 0.15) is 21.5 Å². The van der Waals surface area contributed by atoms with Crippen molar-refractivity contribution in [1.29, 1.82) is 0 Å². The summed E-state index contributed by atoms with van der Waals surface area (Å²) in [5.74, 6) is -1.43. The van der Waals surface area contributed by atoms with Crippen molar-refractivity contribution < 1.29 is 22.5 Å². The van der Waals surface area contributed by atoms with E-state index in [2.05, 4.69) is 19.4 Å². The van der Waals surface area contributed by atoms with Crippen molar-refractivity contribution in [2.24, 2.45) is 0 Å². The maximum absolute atomic E-state index is 14.0. The zero-order valence-corrected chi connectivity index (χ0v) is 16.7. The van der Waals surface area contributed by atoms with Crippen molar-refractivity contribution >= 4 is 15.9 Å². The van der Waals surface area contributed by atoms with E-state index in [0.717, 1.165) is 34.6 Å². The number of quaternary nitrogens is 1. The molecule has 146 valence electrons. The van der Waals surface area contributed by atoms with Crippen LogP contribution in [-0.2, 0) is 23.1 Å². The molecule has 1 amide bonds. The normalized spacial score (nSPS) is 11.8. The summed E-state index contributed by atoms with van der Waals surface area (Å²) >= 11 is 0. The summed E-state index contributed by atoms with van der Waals surface area (Å²) in [6.07, 6.45) is 0. The number of carbonyl (C=O) groups excluding carboxylic acids is 1. The first-order valence-electron chi connectivity index (χ1n) is 8.48. The van der Waals surface area contributed by atoms with Gasteiger partial charge in [-0.3, -0.25) is 4.79 Å². The summed E-state index contributed by atoms with van der Waals surface area (Å²) in [4.78, 5) is 13.5. The molecule has 0 aliphatic rings. The molecule has 0 fully saturated rings. The van der Waals surface area contributed by atoms with Gasteiger partial charge in [-0.25, -0.2) is 17.1 Å². The van der Waals surface area contributed by atoms with Gasteiger partial charge in [-0.15, -0.1) is 0 Å². The number of sulfonamides is 1. The van der Waals surface area contributed by atoms with Crippen LogP contribution in [0.15, 0.2) is 47.4 Å². The predicted octanol–water partition coefficient (Wildman–Crippen LogP) is 0.651. The van der Waals surface area contributed by atoms with Gasteiger partial charge in [-0.05, 0) is 23.8 Å². The highest BCUT2D eigenvalue weighted by Gasteiger charge is 2.21. The summed E-state index contributed by atoms with van der Waals surface area (Å²) in [5.41, 5.74) is 1.75. The SMILES string of the molecule is CN(C)S(=O)(=O)c1ccc(F)c(C(=O)NCc2ccc(C[NH+](C)C)cc2)c1. The van der Waals surface area contributed by atoms with E-state index in [0.29, 0.717) is 0 Å². The summed E-state index contributed by atoms with van der Waals surface area (Å²) in [6.45, 7) is 1.11. The molecule has 2 rings (SSSR count). The molecule has 0 bridgehead atoms. The van der Waals surface area contributed by atoms with Crippen molar-refractivity contribution in [3.05, 3.63) is 65.0 Å². The quantitative estimate of drug-likeness (QED) is 0.725. The minimum atomic E-state index is -3.75. The number of amides is 1. The molecule has 0 aliphatic carbocycles. The van der Waals surface area contributed by atoms with E-state index >= 15 is 0 Å². The molecular formula is C19H25FN3O3S+. The molecule has 2 aromatic rings. The number of hydrogen-bond donors (Lipinski definition) is 2. The molecule has 0 aliphatic heterocycles. The Balaban J connectivity index is 2.12. The van der Waals surface area contributed by atoms with Crippen molar-refractivity contribution in [2.75, 3.05) is 28.2 Å². The number of rotatable bonds is 7. The van der Waals surface area contributed by atoms with Gasteiger partial charge in [0, 0.05) is 26.2 Å². The molecular weight excluding hydrogens is 369 g/mol. The van der Waals surface area contributed by atoms with E-state index in [1.165, 1.54) is 24.6 Å². The molecule has 27 heavy (non-hydrogen) atoms. The van der Waals surface area contributed by atoms with E-state index in [-0.39, 0.29) is 17.0 Å². The fourth-order valence-corrected chi connectivity index (χ4v) is 3.44. The van der Waals surface area contributed by atoms with Gasteiger partial charge in [0.15, 0.2) is 0 Å². The first-order chi connectivity index (χ1) is 12.6. The lowest BCUT2D eigenvalue weighted by atomic mass is 10.1. The Morgan fingerprint density at radius 3 is 2.22 bits per heavy atom. The van der Waals surface area contributed by atoms with Crippen LogP contribution in [0.2, 0.25) is 0 Å². The fourth-order valence-electron chi connectivity index (χ4n) is 2.51. The molecule has 2 N–H and O–H groups in total. The predicted molar refractivity (Wildman–Crippen MR) is 101 cm³/mol. The standard InChI is InChI=1S/C19H24FN3O3S/c1-22(2)13-15-7-5-14(6-8-15)12-21-19(24)17-11-16(9-10-18(17)20)27(25,26)23(3)4/h5-11H,12-13H2,1-4H3,(H,21,24)/p+1. The summed E-state index contributed by atoms with van der Waals surface area (Å²) in [6, 6.07) is 11.0. The molecule has 0 saturated heterocycles. The van der Waals surface area contributed by atoms with Gasteiger partial charge < -0.3 is 10.2 Å². The van der Waals surface area contributed by atoms with Gasteiger partial charge in [-0.1, -0.05) is 24.3 Å². The number of halogens is 1. The molecule has 6 nitrogen and oxygen atoms in total. The Labute approximate surface area is 159 Å². The van der Waals surface area contributed by atoms with E-state index in [1.807, 2.05) is 24.3 Å². The van der Waals surface area contributed by atoms with Crippen LogP contribution in [0, 0.1) is 5.82 Å². The van der Waals surface area contributed by atoms with Crippen molar-refractivity contribution in [3.63, 3.8) is 0 Å². The highest BCUT2D eigenvalue weighted by atomic mass is 32.2. The van der Waals surface area contributed by atoms with E-state index in [4.69, 9.17) is 0 Å². The van der Waals surface area contributed by atoms with Crippen LogP contribution in [0.3, 0.4) is 0 Å². The van der Waals surface area contributed by atoms with Crippen molar-refractivity contribution in [2.45, 2.75) is 18.0 Å². The molecule has 0 aromatic heterocycles. The van der Waals surface area contributed by atoms with Crippen LogP contribution in [0.25, 0.3) is 0 Å². The average Bonchev–Trinajstić information content (AvgIpc) is 2.60. The maximum atomic E-state index is 14.0. The monoisotopic (exact) mass is 394 g/mol.